The van der Waals surface area contributed by atoms with E-state index in [1.165, 1.54) is 12.1 Å². The summed E-state index contributed by atoms with van der Waals surface area (Å²) in [6.45, 7) is 5.44. The van der Waals surface area contributed by atoms with Crippen LogP contribution in [0.5, 0.6) is 0 Å². The minimum Gasteiger partial charge on any atom is -0.336 e. The van der Waals surface area contributed by atoms with Gasteiger partial charge in [-0.1, -0.05) is 20.8 Å². The average Bonchev–Trinajstić information content (AvgIpc) is 1.99. The van der Waals surface area contributed by atoms with Crippen molar-refractivity contribution >= 4 is 34.3 Å². The van der Waals surface area contributed by atoms with Gasteiger partial charge in [-0.25, -0.2) is 0 Å². The van der Waals surface area contributed by atoms with Gasteiger partial charge < -0.3 is 10.3 Å². The van der Waals surface area contributed by atoms with Gasteiger partial charge in [0.2, 0.25) is 5.91 Å². The first-order chi connectivity index (χ1) is 6.79. The first-order valence-electron chi connectivity index (χ1n) is 4.50. The number of carbonyl (C=O) groups excluding carboxylic acids is 1. The Morgan fingerprint density at radius 1 is 1.40 bits per heavy atom. The van der Waals surface area contributed by atoms with Crippen LogP contribution in [-0.4, -0.2) is 10.9 Å². The number of aromatic nitrogens is 1. The number of aromatic amines is 1. The van der Waals surface area contributed by atoms with E-state index in [1.54, 1.807) is 0 Å². The van der Waals surface area contributed by atoms with E-state index in [9.17, 15) is 9.59 Å². The van der Waals surface area contributed by atoms with Crippen molar-refractivity contribution in [3.8, 4) is 0 Å². The predicted molar refractivity (Wildman–Crippen MR) is 67.9 cm³/mol. The summed E-state index contributed by atoms with van der Waals surface area (Å²) in [5, 5.41) is 2.66. The van der Waals surface area contributed by atoms with E-state index in [4.69, 9.17) is 0 Å². The lowest BCUT2D eigenvalue weighted by molar-refractivity contribution is -0.123. The zero-order valence-electron chi connectivity index (χ0n) is 8.85. The quantitative estimate of drug-likeness (QED) is 0.614. The molecule has 1 aromatic rings. The second kappa shape index (κ2) is 4.34. The third kappa shape index (κ3) is 3.65. The van der Waals surface area contributed by atoms with Crippen LogP contribution in [0.15, 0.2) is 16.9 Å². The SMILES string of the molecule is CC(C)(C)C(=O)Nc1cc(=O)cc(I)[nH]1. The zero-order valence-corrected chi connectivity index (χ0v) is 11.0. The van der Waals surface area contributed by atoms with Gasteiger partial charge in [0.1, 0.15) is 5.82 Å². The van der Waals surface area contributed by atoms with E-state index in [-0.39, 0.29) is 11.3 Å². The topological polar surface area (TPSA) is 62.0 Å². The van der Waals surface area contributed by atoms with Crippen LogP contribution in [0.1, 0.15) is 20.8 Å². The van der Waals surface area contributed by atoms with Crippen LogP contribution in [0.25, 0.3) is 0 Å². The highest BCUT2D eigenvalue weighted by atomic mass is 127. The van der Waals surface area contributed by atoms with Crippen molar-refractivity contribution in [3.05, 3.63) is 26.1 Å². The Kier molecular flexibility index (Phi) is 3.54. The fourth-order valence-corrected chi connectivity index (χ4v) is 1.48. The van der Waals surface area contributed by atoms with Crippen molar-refractivity contribution in [1.82, 2.24) is 4.98 Å². The van der Waals surface area contributed by atoms with E-state index in [2.05, 4.69) is 10.3 Å². The molecule has 1 heterocycles. The zero-order chi connectivity index (χ0) is 11.6. The molecule has 0 fully saturated rings. The Bertz CT molecular complexity index is 432. The van der Waals surface area contributed by atoms with E-state index in [0.29, 0.717) is 9.52 Å². The summed E-state index contributed by atoms with van der Waals surface area (Å²) in [6, 6.07) is 2.83. The molecule has 4 nitrogen and oxygen atoms in total. The van der Waals surface area contributed by atoms with E-state index in [1.807, 2.05) is 43.4 Å². The van der Waals surface area contributed by atoms with Gasteiger partial charge in [0.25, 0.3) is 0 Å². The number of nitrogens with one attached hydrogen (secondary N) is 2. The molecule has 0 aliphatic carbocycles. The predicted octanol–water partition coefficient (Wildman–Crippen LogP) is 1.96. The van der Waals surface area contributed by atoms with Crippen LogP contribution in [0.2, 0.25) is 0 Å². The van der Waals surface area contributed by atoms with E-state index in [0.717, 1.165) is 0 Å². The maximum Gasteiger partial charge on any atom is 0.230 e. The fraction of sp³-hybridized carbons (Fsp3) is 0.400. The summed E-state index contributed by atoms with van der Waals surface area (Å²) in [7, 11) is 0. The maximum absolute atomic E-state index is 11.6. The number of rotatable bonds is 1. The Morgan fingerprint density at radius 2 is 2.00 bits per heavy atom. The molecule has 0 spiro atoms. The van der Waals surface area contributed by atoms with Gasteiger partial charge in [0, 0.05) is 17.5 Å². The van der Waals surface area contributed by atoms with Crippen LogP contribution in [0.3, 0.4) is 0 Å². The van der Waals surface area contributed by atoms with Crippen LogP contribution < -0.4 is 10.7 Å². The second-order valence-electron chi connectivity index (χ2n) is 4.28. The minimum absolute atomic E-state index is 0.123. The molecule has 15 heavy (non-hydrogen) atoms. The lowest BCUT2D eigenvalue weighted by atomic mass is 9.96. The average molecular weight is 320 g/mol. The third-order valence-corrected chi connectivity index (χ3v) is 2.32. The normalized spacial score (nSPS) is 11.2. The maximum atomic E-state index is 11.6. The molecule has 5 heteroatoms. The molecule has 0 unspecified atom stereocenters. The number of carbonyl (C=O) groups is 1. The van der Waals surface area contributed by atoms with Crippen molar-refractivity contribution in [2.24, 2.45) is 5.41 Å². The van der Waals surface area contributed by atoms with E-state index >= 15 is 0 Å². The molecular formula is C10H13IN2O2. The Hall–Kier alpha value is -0.850. The van der Waals surface area contributed by atoms with Gasteiger partial charge >= 0.3 is 0 Å². The van der Waals surface area contributed by atoms with Crippen molar-refractivity contribution in [3.63, 3.8) is 0 Å². The van der Waals surface area contributed by atoms with Gasteiger partial charge in [-0.05, 0) is 22.6 Å². The molecule has 1 rings (SSSR count). The molecule has 0 atom stereocenters. The van der Waals surface area contributed by atoms with Crippen molar-refractivity contribution in [2.75, 3.05) is 5.32 Å². The number of amides is 1. The number of hydrogen-bond donors (Lipinski definition) is 2. The van der Waals surface area contributed by atoms with Crippen molar-refractivity contribution in [2.45, 2.75) is 20.8 Å². The number of H-pyrrole nitrogens is 1. The standard InChI is InChI=1S/C10H13IN2O2/c1-10(2,3)9(15)13-8-5-6(14)4-7(11)12-8/h4-5H,1-3H3,(H2,12,13,14,15). The smallest absolute Gasteiger partial charge is 0.230 e. The number of anilines is 1. The molecule has 0 aliphatic rings. The highest BCUT2D eigenvalue weighted by Crippen LogP contribution is 2.15. The van der Waals surface area contributed by atoms with Gasteiger partial charge in [0.05, 0.1) is 3.70 Å². The molecule has 0 saturated heterocycles. The van der Waals surface area contributed by atoms with Crippen LogP contribution in [-0.2, 0) is 4.79 Å². The summed E-state index contributed by atoms with van der Waals surface area (Å²) in [6.07, 6.45) is 0. The van der Waals surface area contributed by atoms with Crippen LogP contribution in [0.4, 0.5) is 5.82 Å². The summed E-state index contributed by atoms with van der Waals surface area (Å²) < 4.78 is 0.698. The first-order valence-corrected chi connectivity index (χ1v) is 5.58. The Labute approximate surface area is 102 Å². The van der Waals surface area contributed by atoms with Gasteiger partial charge in [0.15, 0.2) is 5.43 Å². The van der Waals surface area contributed by atoms with Gasteiger partial charge in [-0.2, -0.15) is 0 Å². The molecule has 82 valence electrons. The summed E-state index contributed by atoms with van der Waals surface area (Å²) >= 11 is 1.99. The second-order valence-corrected chi connectivity index (χ2v) is 5.44. The molecular weight excluding hydrogens is 307 g/mol. The summed E-state index contributed by atoms with van der Waals surface area (Å²) in [4.78, 5) is 25.7. The molecule has 0 saturated carbocycles. The van der Waals surface area contributed by atoms with Gasteiger partial charge in [-0.3, -0.25) is 9.59 Å². The number of hydrogen-bond acceptors (Lipinski definition) is 2. The highest BCUT2D eigenvalue weighted by Gasteiger charge is 2.21. The fourth-order valence-electron chi connectivity index (χ4n) is 0.887. The lowest BCUT2D eigenvalue weighted by Crippen LogP contribution is -2.28. The first kappa shape index (κ1) is 12.2. The van der Waals surface area contributed by atoms with E-state index < -0.39 is 5.41 Å². The number of halogens is 1. The Morgan fingerprint density at radius 3 is 2.47 bits per heavy atom. The Balaban J connectivity index is 2.91. The van der Waals surface area contributed by atoms with Crippen LogP contribution >= 0.6 is 22.6 Å². The largest absolute Gasteiger partial charge is 0.336 e. The number of pyridine rings is 1. The van der Waals surface area contributed by atoms with Crippen LogP contribution in [0, 0.1) is 9.12 Å². The lowest BCUT2D eigenvalue weighted by Gasteiger charge is -2.17. The molecule has 1 amide bonds. The van der Waals surface area contributed by atoms with Crippen molar-refractivity contribution in [1.29, 1.82) is 0 Å². The molecule has 0 radical (unpaired) electrons. The van der Waals surface area contributed by atoms with Crippen molar-refractivity contribution < 1.29 is 4.79 Å². The molecule has 1 aromatic heterocycles. The monoisotopic (exact) mass is 320 g/mol. The molecule has 0 aromatic carbocycles. The molecule has 0 bridgehead atoms. The molecule has 2 N–H and O–H groups in total. The minimum atomic E-state index is -0.474. The third-order valence-electron chi connectivity index (χ3n) is 1.74. The summed E-state index contributed by atoms with van der Waals surface area (Å²) in [5.74, 6) is 0.312. The molecule has 0 aliphatic heterocycles. The van der Waals surface area contributed by atoms with Gasteiger partial charge in [-0.15, -0.1) is 0 Å². The summed E-state index contributed by atoms with van der Waals surface area (Å²) in [5.41, 5.74) is -0.597. The highest BCUT2D eigenvalue weighted by molar-refractivity contribution is 14.1.